The molecule has 0 atom stereocenters. The molecule has 0 saturated heterocycles. The molecule has 9 rings (SSSR count). The zero-order valence-corrected chi connectivity index (χ0v) is 26.7. The van der Waals surface area contributed by atoms with Crippen LogP contribution in [0.15, 0.2) is 163 Å². The Morgan fingerprint density at radius 1 is 0.440 bits per heavy atom. The van der Waals surface area contributed by atoms with E-state index in [1.54, 1.807) is 12.1 Å². The Labute approximate surface area is 297 Å². The Kier molecular flexibility index (Phi) is 5.60. The van der Waals surface area contributed by atoms with Crippen molar-refractivity contribution in [2.45, 2.75) is 0 Å². The highest BCUT2D eigenvalue weighted by molar-refractivity contribution is 6.21. The van der Waals surface area contributed by atoms with Crippen molar-refractivity contribution in [2.75, 3.05) is 0 Å². The number of hydrogen-bond donors (Lipinski definition) is 0. The fourth-order valence-electron chi connectivity index (χ4n) is 6.98. The van der Waals surface area contributed by atoms with Crippen molar-refractivity contribution in [3.8, 4) is 56.2 Å². The van der Waals surface area contributed by atoms with E-state index >= 15 is 0 Å². The first-order valence-corrected chi connectivity index (χ1v) is 16.3. The number of imidazole rings is 1. The van der Waals surface area contributed by atoms with Crippen molar-refractivity contribution in [1.82, 2.24) is 19.1 Å². The Balaban J connectivity index is 1.22. The van der Waals surface area contributed by atoms with Crippen molar-refractivity contribution < 1.29 is 8.22 Å². The second kappa shape index (κ2) is 11.8. The van der Waals surface area contributed by atoms with E-state index in [4.69, 9.17) is 18.2 Å². The van der Waals surface area contributed by atoms with Crippen LogP contribution in [0.25, 0.3) is 88.7 Å². The summed E-state index contributed by atoms with van der Waals surface area (Å²) in [5, 5.41) is 3.78. The Bertz CT molecular complexity index is 2890. The number of aromatic nitrogens is 4. The molecule has 2 heterocycles. The highest BCUT2D eigenvalue weighted by Crippen LogP contribution is 2.44. The maximum absolute atomic E-state index is 13.3. The van der Waals surface area contributed by atoms with E-state index in [1.165, 1.54) is 6.07 Å². The standard InChI is InChI=1S/C45H32N4O/c1-48-40-26-25-33(27-41(40)49(2)45(48)50)43-36-19-11-9-17-34(36)42(35-18-10-12-20-37(35)43)31-23-21-30(22-24-31)39-28-38(29-13-5-3-6-14-29)46-44(47-39)32-15-7-4-8-16-32/h3-28H,1-2H3/i1D3,2D3. The van der Waals surface area contributed by atoms with E-state index < -0.39 is 19.6 Å². The molecule has 0 aliphatic heterocycles. The van der Waals surface area contributed by atoms with Crippen molar-refractivity contribution in [2.24, 2.45) is 14.0 Å². The number of nitrogens with zero attached hydrogens (tertiary/aromatic N) is 4. The molecule has 0 N–H and O–H groups in total. The van der Waals surface area contributed by atoms with Gasteiger partial charge in [0, 0.05) is 38.9 Å². The normalized spacial score (nSPS) is 13.8. The first kappa shape index (κ1) is 23.7. The van der Waals surface area contributed by atoms with Gasteiger partial charge in [0.1, 0.15) is 0 Å². The molecule has 0 amide bonds. The van der Waals surface area contributed by atoms with Crippen LogP contribution in [-0.2, 0) is 14.0 Å². The van der Waals surface area contributed by atoms with Gasteiger partial charge in [0.25, 0.3) is 0 Å². The molecule has 7 aromatic carbocycles. The summed E-state index contributed by atoms with van der Waals surface area (Å²) in [5.41, 5.74) is 6.94. The van der Waals surface area contributed by atoms with E-state index in [0.29, 0.717) is 20.5 Å². The molecule has 9 aromatic rings. The summed E-state index contributed by atoms with van der Waals surface area (Å²) < 4.78 is 49.6. The monoisotopic (exact) mass is 650 g/mol. The van der Waals surface area contributed by atoms with Gasteiger partial charge in [-0.15, -0.1) is 0 Å². The summed E-state index contributed by atoms with van der Waals surface area (Å²) in [6.45, 7) is -5.77. The molecule has 0 aliphatic carbocycles. The number of fused-ring (bicyclic) bond motifs is 3. The van der Waals surface area contributed by atoms with Crippen LogP contribution < -0.4 is 5.69 Å². The first-order valence-electron chi connectivity index (χ1n) is 19.3. The van der Waals surface area contributed by atoms with E-state index in [9.17, 15) is 4.79 Å². The summed E-state index contributed by atoms with van der Waals surface area (Å²) in [6.07, 6.45) is 0. The van der Waals surface area contributed by atoms with Gasteiger partial charge in [-0.2, -0.15) is 0 Å². The molecule has 238 valence electrons. The molecule has 5 heteroatoms. The average Bonchev–Trinajstić information content (AvgIpc) is 3.52. The fourth-order valence-corrected chi connectivity index (χ4v) is 6.98. The second-order valence-electron chi connectivity index (χ2n) is 12.3. The third kappa shape index (κ3) is 4.82. The van der Waals surface area contributed by atoms with Crippen LogP contribution in [-0.4, -0.2) is 19.1 Å². The predicted molar refractivity (Wildman–Crippen MR) is 206 cm³/mol. The van der Waals surface area contributed by atoms with Gasteiger partial charge in [0.15, 0.2) is 5.82 Å². The minimum absolute atomic E-state index is 0.0204. The lowest BCUT2D eigenvalue weighted by Crippen LogP contribution is -2.19. The van der Waals surface area contributed by atoms with Gasteiger partial charge in [-0.1, -0.05) is 140 Å². The van der Waals surface area contributed by atoms with Gasteiger partial charge in [0.2, 0.25) is 0 Å². The molecule has 0 bridgehead atoms. The molecule has 50 heavy (non-hydrogen) atoms. The summed E-state index contributed by atoms with van der Waals surface area (Å²) in [4.78, 5) is 23.3. The number of aryl methyl sites for hydroxylation is 2. The first-order chi connectivity index (χ1) is 27.0. The molecule has 5 nitrogen and oxygen atoms in total. The van der Waals surface area contributed by atoms with Crippen LogP contribution in [0.2, 0.25) is 0 Å². The number of rotatable bonds is 5. The summed E-state index contributed by atoms with van der Waals surface area (Å²) in [7, 11) is 0. The zero-order chi connectivity index (χ0) is 38.8. The highest BCUT2D eigenvalue weighted by Gasteiger charge is 2.18. The largest absolute Gasteiger partial charge is 0.328 e. The van der Waals surface area contributed by atoms with Crippen LogP contribution >= 0.6 is 0 Å². The van der Waals surface area contributed by atoms with Crippen LogP contribution in [0.4, 0.5) is 0 Å². The maximum atomic E-state index is 13.3. The lowest BCUT2D eigenvalue weighted by molar-refractivity contribution is 0.795. The SMILES string of the molecule is [2H]C([2H])([2H])n1c(=O)n(C([2H])([2H])[2H])c2cc(-c3c4ccccc4c(-c4ccc(-c5cc(-c6ccccc6)nc(-c6ccccc6)n5)cc4)c4ccccc34)ccc21. The van der Waals surface area contributed by atoms with Crippen molar-refractivity contribution >= 4 is 32.6 Å². The van der Waals surface area contributed by atoms with Crippen LogP contribution in [0.1, 0.15) is 8.22 Å². The molecular formula is C45H32N4O. The van der Waals surface area contributed by atoms with Gasteiger partial charge in [-0.05, 0) is 62.0 Å². The number of hydrogen-bond acceptors (Lipinski definition) is 3. The minimum atomic E-state index is -2.90. The average molecular weight is 651 g/mol. The molecule has 2 aromatic heterocycles. The van der Waals surface area contributed by atoms with Crippen LogP contribution in [0, 0.1) is 0 Å². The molecule has 0 radical (unpaired) electrons. The van der Waals surface area contributed by atoms with Gasteiger partial charge < -0.3 is 0 Å². The van der Waals surface area contributed by atoms with Gasteiger partial charge in [-0.25, -0.2) is 14.8 Å². The summed E-state index contributed by atoms with van der Waals surface area (Å²) >= 11 is 0. The van der Waals surface area contributed by atoms with Gasteiger partial charge >= 0.3 is 5.69 Å². The van der Waals surface area contributed by atoms with E-state index in [2.05, 4.69) is 36.4 Å². The van der Waals surface area contributed by atoms with Crippen LogP contribution in [0.3, 0.4) is 0 Å². The van der Waals surface area contributed by atoms with Gasteiger partial charge in [-0.3, -0.25) is 9.13 Å². The summed E-state index contributed by atoms with van der Waals surface area (Å²) in [5.74, 6) is 0.641. The number of benzene rings is 7. The molecular weight excluding hydrogens is 613 g/mol. The summed E-state index contributed by atoms with van der Waals surface area (Å²) in [6, 6.07) is 51.4. The van der Waals surface area contributed by atoms with E-state index in [-0.39, 0.29) is 11.0 Å². The lowest BCUT2D eigenvalue weighted by atomic mass is 9.85. The molecule has 0 fully saturated rings. The Hall–Kier alpha value is -6.59. The Morgan fingerprint density at radius 2 is 0.880 bits per heavy atom. The van der Waals surface area contributed by atoms with E-state index in [0.717, 1.165) is 66.3 Å². The molecule has 0 saturated carbocycles. The zero-order valence-electron chi connectivity index (χ0n) is 32.7. The van der Waals surface area contributed by atoms with Crippen molar-refractivity contribution in [1.29, 1.82) is 0 Å². The topological polar surface area (TPSA) is 52.7 Å². The lowest BCUT2D eigenvalue weighted by Gasteiger charge is -2.18. The molecule has 0 aliphatic rings. The van der Waals surface area contributed by atoms with Crippen molar-refractivity contribution in [3.05, 3.63) is 168 Å². The van der Waals surface area contributed by atoms with E-state index in [1.807, 2.05) is 103 Å². The second-order valence-corrected chi connectivity index (χ2v) is 12.3. The predicted octanol–water partition coefficient (Wildman–Crippen LogP) is 10.3. The smallest absolute Gasteiger partial charge is 0.295 e. The maximum Gasteiger partial charge on any atom is 0.328 e. The quantitative estimate of drug-likeness (QED) is 0.174. The molecule has 0 spiro atoms. The highest BCUT2D eigenvalue weighted by atomic mass is 16.1. The Morgan fingerprint density at radius 3 is 1.44 bits per heavy atom. The third-order valence-electron chi connectivity index (χ3n) is 9.36. The third-order valence-corrected chi connectivity index (χ3v) is 9.36. The molecule has 0 unspecified atom stereocenters. The van der Waals surface area contributed by atoms with Gasteiger partial charge in [0.05, 0.1) is 22.4 Å². The minimum Gasteiger partial charge on any atom is -0.295 e. The van der Waals surface area contributed by atoms with Crippen molar-refractivity contribution in [3.63, 3.8) is 0 Å². The van der Waals surface area contributed by atoms with Crippen LogP contribution in [0.5, 0.6) is 0 Å². The fraction of sp³-hybridized carbons (Fsp3) is 0.0444.